The van der Waals surface area contributed by atoms with Crippen molar-refractivity contribution in [3.05, 3.63) is 53.9 Å². The van der Waals surface area contributed by atoms with E-state index in [1.165, 1.54) is 6.07 Å². The summed E-state index contributed by atoms with van der Waals surface area (Å²) in [6, 6.07) is 9.58. The molecule has 0 aliphatic rings. The van der Waals surface area contributed by atoms with Crippen LogP contribution in [0.4, 0.5) is 13.2 Å². The Labute approximate surface area is 106 Å². The molecular weight excluding hydrogens is 257 g/mol. The van der Waals surface area contributed by atoms with Crippen LogP contribution in [-0.2, 0) is 6.18 Å². The van der Waals surface area contributed by atoms with Crippen molar-refractivity contribution in [1.29, 1.82) is 0 Å². The first-order valence-electron chi connectivity index (χ1n) is 5.32. The fourth-order valence-electron chi connectivity index (χ4n) is 1.78. The molecule has 6 heteroatoms. The molecule has 3 nitrogen and oxygen atoms in total. The van der Waals surface area contributed by atoms with Gasteiger partial charge in [-0.2, -0.15) is 13.2 Å². The number of primary amides is 1. The van der Waals surface area contributed by atoms with Crippen LogP contribution in [0.5, 0.6) is 0 Å². The average molecular weight is 266 g/mol. The minimum atomic E-state index is -4.73. The zero-order valence-electron chi connectivity index (χ0n) is 9.61. The number of hydrogen-bond acceptors (Lipinski definition) is 2. The minimum absolute atomic E-state index is 0.121. The largest absolute Gasteiger partial charge is 0.434 e. The van der Waals surface area contributed by atoms with Gasteiger partial charge in [0.05, 0.1) is 5.56 Å². The Morgan fingerprint density at radius 3 is 2.26 bits per heavy atom. The number of aromatic nitrogens is 1. The van der Waals surface area contributed by atoms with Gasteiger partial charge in [-0.15, -0.1) is 0 Å². The summed E-state index contributed by atoms with van der Waals surface area (Å²) in [5, 5.41) is 0. The van der Waals surface area contributed by atoms with Crippen molar-refractivity contribution in [2.24, 2.45) is 5.73 Å². The molecule has 1 aromatic heterocycles. The van der Waals surface area contributed by atoms with E-state index in [9.17, 15) is 18.0 Å². The molecule has 0 spiro atoms. The molecule has 0 fully saturated rings. The summed E-state index contributed by atoms with van der Waals surface area (Å²) in [6.45, 7) is 0. The highest BCUT2D eigenvalue weighted by atomic mass is 19.4. The minimum Gasteiger partial charge on any atom is -0.366 e. The lowest BCUT2D eigenvalue weighted by molar-refractivity contribution is -0.141. The lowest BCUT2D eigenvalue weighted by Crippen LogP contribution is -2.21. The molecule has 0 saturated heterocycles. The van der Waals surface area contributed by atoms with Crippen LogP contribution in [0.2, 0.25) is 0 Å². The predicted molar refractivity (Wildman–Crippen MR) is 63.2 cm³/mol. The third-order valence-corrected chi connectivity index (χ3v) is 2.55. The van der Waals surface area contributed by atoms with Crippen molar-refractivity contribution in [1.82, 2.24) is 4.98 Å². The van der Waals surface area contributed by atoms with Gasteiger partial charge >= 0.3 is 6.18 Å². The lowest BCUT2D eigenvalue weighted by atomic mass is 9.98. The summed E-state index contributed by atoms with van der Waals surface area (Å²) in [6.07, 6.45) is -3.72. The molecule has 2 aromatic rings. The van der Waals surface area contributed by atoms with Crippen LogP contribution in [0.25, 0.3) is 11.1 Å². The molecule has 2 rings (SSSR count). The number of nitrogens with zero attached hydrogens (tertiary/aromatic N) is 1. The number of carbonyl (C=O) groups excluding carboxylic acids is 1. The topological polar surface area (TPSA) is 56.0 Å². The van der Waals surface area contributed by atoms with Gasteiger partial charge in [-0.25, -0.2) is 0 Å². The molecule has 0 saturated carbocycles. The fraction of sp³-hybridized carbons (Fsp3) is 0.0769. The van der Waals surface area contributed by atoms with E-state index >= 15 is 0 Å². The molecule has 0 radical (unpaired) electrons. The van der Waals surface area contributed by atoms with Crippen LogP contribution in [-0.4, -0.2) is 10.9 Å². The third kappa shape index (κ3) is 2.57. The Kier molecular flexibility index (Phi) is 3.25. The number of benzene rings is 1. The molecular formula is C13H9F3N2O. The Morgan fingerprint density at radius 1 is 1.11 bits per heavy atom. The number of amides is 1. The summed E-state index contributed by atoms with van der Waals surface area (Å²) < 4.78 is 38.5. The predicted octanol–water partition coefficient (Wildman–Crippen LogP) is 2.87. The molecule has 1 heterocycles. The van der Waals surface area contributed by atoms with E-state index in [4.69, 9.17) is 5.73 Å². The van der Waals surface area contributed by atoms with Crippen molar-refractivity contribution >= 4 is 5.91 Å². The van der Waals surface area contributed by atoms with E-state index in [0.29, 0.717) is 5.56 Å². The monoisotopic (exact) mass is 266 g/mol. The number of carbonyl (C=O) groups is 1. The second-order valence-corrected chi connectivity index (χ2v) is 3.81. The zero-order chi connectivity index (χ0) is 14.0. The van der Waals surface area contributed by atoms with Gasteiger partial charge in [0.15, 0.2) is 5.69 Å². The van der Waals surface area contributed by atoms with Gasteiger partial charge in [-0.05, 0) is 17.2 Å². The maximum Gasteiger partial charge on any atom is 0.434 e. The van der Waals surface area contributed by atoms with Crippen LogP contribution < -0.4 is 5.73 Å². The molecule has 0 unspecified atom stereocenters. The number of pyridine rings is 1. The summed E-state index contributed by atoms with van der Waals surface area (Å²) in [7, 11) is 0. The highest BCUT2D eigenvalue weighted by Gasteiger charge is 2.38. The van der Waals surface area contributed by atoms with Crippen molar-refractivity contribution in [3.63, 3.8) is 0 Å². The molecule has 98 valence electrons. The van der Waals surface area contributed by atoms with Crippen molar-refractivity contribution in [2.75, 3.05) is 0 Å². The molecule has 1 amide bonds. The van der Waals surface area contributed by atoms with Crippen molar-refractivity contribution < 1.29 is 18.0 Å². The Morgan fingerprint density at radius 2 is 1.74 bits per heavy atom. The van der Waals surface area contributed by atoms with Gasteiger partial charge in [0.25, 0.3) is 5.91 Å². The van der Waals surface area contributed by atoms with Crippen LogP contribution in [0, 0.1) is 0 Å². The van der Waals surface area contributed by atoms with Crippen LogP contribution in [0.1, 0.15) is 16.1 Å². The first-order valence-corrected chi connectivity index (χ1v) is 5.32. The standard InChI is InChI=1S/C13H9F3N2O/c14-13(15,16)11-10(12(17)19)9(6-7-18-11)8-4-2-1-3-5-8/h1-7H,(H2,17,19). The maximum absolute atomic E-state index is 12.8. The molecule has 19 heavy (non-hydrogen) atoms. The smallest absolute Gasteiger partial charge is 0.366 e. The normalized spacial score (nSPS) is 11.3. The van der Waals surface area contributed by atoms with Gasteiger partial charge in [0.2, 0.25) is 0 Å². The van der Waals surface area contributed by atoms with Crippen LogP contribution in [0.3, 0.4) is 0 Å². The quantitative estimate of drug-likeness (QED) is 0.908. The number of alkyl halides is 3. The molecule has 0 bridgehead atoms. The average Bonchev–Trinajstić information content (AvgIpc) is 2.37. The Hall–Kier alpha value is -2.37. The highest BCUT2D eigenvalue weighted by molar-refractivity contribution is 6.01. The number of rotatable bonds is 2. The number of hydrogen-bond donors (Lipinski definition) is 1. The van der Waals surface area contributed by atoms with Crippen molar-refractivity contribution in [3.8, 4) is 11.1 Å². The van der Waals surface area contributed by atoms with Gasteiger partial charge in [-0.1, -0.05) is 30.3 Å². The summed E-state index contributed by atoms with van der Waals surface area (Å²) in [5.41, 5.74) is 3.79. The first kappa shape index (κ1) is 13.1. The maximum atomic E-state index is 12.8. The second kappa shape index (κ2) is 4.72. The van der Waals surface area contributed by atoms with Crippen LogP contribution in [0.15, 0.2) is 42.6 Å². The third-order valence-electron chi connectivity index (χ3n) is 2.55. The first-order chi connectivity index (χ1) is 8.91. The Balaban J connectivity index is 2.73. The SMILES string of the molecule is NC(=O)c1c(-c2ccccc2)ccnc1C(F)(F)F. The van der Waals surface area contributed by atoms with E-state index in [2.05, 4.69) is 4.98 Å². The van der Waals surface area contributed by atoms with Gasteiger partial charge in [0, 0.05) is 6.20 Å². The molecule has 2 N–H and O–H groups in total. The van der Waals surface area contributed by atoms with E-state index in [0.717, 1.165) is 6.20 Å². The van der Waals surface area contributed by atoms with E-state index < -0.39 is 23.3 Å². The molecule has 1 aromatic carbocycles. The lowest BCUT2D eigenvalue weighted by Gasteiger charge is -2.13. The molecule has 0 atom stereocenters. The number of nitrogens with two attached hydrogens (primary N) is 1. The second-order valence-electron chi connectivity index (χ2n) is 3.81. The summed E-state index contributed by atoms with van der Waals surface area (Å²) in [4.78, 5) is 14.6. The van der Waals surface area contributed by atoms with E-state index in [1.807, 2.05) is 0 Å². The molecule has 0 aliphatic heterocycles. The van der Waals surface area contributed by atoms with E-state index in [-0.39, 0.29) is 5.56 Å². The van der Waals surface area contributed by atoms with Crippen molar-refractivity contribution in [2.45, 2.75) is 6.18 Å². The summed E-state index contributed by atoms with van der Waals surface area (Å²) >= 11 is 0. The fourth-order valence-corrected chi connectivity index (χ4v) is 1.78. The highest BCUT2D eigenvalue weighted by Crippen LogP contribution is 2.34. The van der Waals surface area contributed by atoms with Crippen LogP contribution >= 0.6 is 0 Å². The van der Waals surface area contributed by atoms with E-state index in [1.54, 1.807) is 30.3 Å². The zero-order valence-corrected chi connectivity index (χ0v) is 9.61. The van der Waals surface area contributed by atoms with Gasteiger partial charge in [-0.3, -0.25) is 9.78 Å². The van der Waals surface area contributed by atoms with Gasteiger partial charge in [0.1, 0.15) is 0 Å². The van der Waals surface area contributed by atoms with Gasteiger partial charge < -0.3 is 5.73 Å². The summed E-state index contributed by atoms with van der Waals surface area (Å²) in [5.74, 6) is -1.15. The molecule has 0 aliphatic carbocycles. The Bertz CT molecular complexity index is 609. The number of halogens is 3.